The van der Waals surface area contributed by atoms with Gasteiger partial charge in [-0.15, -0.1) is 0 Å². The first kappa shape index (κ1) is 14.9. The third kappa shape index (κ3) is 10.2. The topological polar surface area (TPSA) is 60.7 Å². The van der Waals surface area contributed by atoms with Crippen molar-refractivity contribution >= 4 is 0 Å². The molecule has 0 bridgehead atoms. The fraction of sp³-hybridized carbons (Fsp3) is 1.00. The van der Waals surface area contributed by atoms with Crippen molar-refractivity contribution in [2.45, 2.75) is 70.5 Å². The summed E-state index contributed by atoms with van der Waals surface area (Å²) >= 11 is 0. The standard InChI is InChI=1S/C12H26O3/c1-11(14)12(15)9-7-5-3-2-4-6-8-10-13/h11-15H,2-10H2,1H3. The minimum absolute atomic E-state index is 0.306. The summed E-state index contributed by atoms with van der Waals surface area (Å²) in [6.07, 6.45) is 7.30. The molecule has 3 heteroatoms. The summed E-state index contributed by atoms with van der Waals surface area (Å²) in [5, 5.41) is 26.9. The number of rotatable bonds is 10. The van der Waals surface area contributed by atoms with Crippen molar-refractivity contribution in [3.05, 3.63) is 0 Å². The summed E-state index contributed by atoms with van der Waals surface area (Å²) in [4.78, 5) is 0. The van der Waals surface area contributed by atoms with Gasteiger partial charge in [-0.25, -0.2) is 0 Å². The van der Waals surface area contributed by atoms with Crippen molar-refractivity contribution in [1.82, 2.24) is 0 Å². The Morgan fingerprint density at radius 1 is 0.800 bits per heavy atom. The van der Waals surface area contributed by atoms with Crippen LogP contribution in [0.3, 0.4) is 0 Å². The van der Waals surface area contributed by atoms with E-state index in [4.69, 9.17) is 10.2 Å². The quantitative estimate of drug-likeness (QED) is 0.490. The maximum absolute atomic E-state index is 9.32. The van der Waals surface area contributed by atoms with Crippen LogP contribution in [0.4, 0.5) is 0 Å². The average molecular weight is 218 g/mol. The molecule has 0 fully saturated rings. The molecule has 0 heterocycles. The molecule has 15 heavy (non-hydrogen) atoms. The van der Waals surface area contributed by atoms with Gasteiger partial charge in [0.25, 0.3) is 0 Å². The Kier molecular flexibility index (Phi) is 10.3. The van der Waals surface area contributed by atoms with Crippen molar-refractivity contribution in [2.75, 3.05) is 6.61 Å². The molecule has 2 atom stereocenters. The molecule has 0 aliphatic heterocycles. The lowest BCUT2D eigenvalue weighted by molar-refractivity contribution is 0.0247. The van der Waals surface area contributed by atoms with E-state index in [1.165, 1.54) is 19.3 Å². The van der Waals surface area contributed by atoms with E-state index in [1.807, 2.05) is 0 Å². The second-order valence-corrected chi connectivity index (χ2v) is 4.30. The predicted molar refractivity (Wildman–Crippen MR) is 61.7 cm³/mol. The summed E-state index contributed by atoms with van der Waals surface area (Å²) < 4.78 is 0. The number of unbranched alkanes of at least 4 members (excludes halogenated alkanes) is 6. The maximum Gasteiger partial charge on any atom is 0.0796 e. The monoisotopic (exact) mass is 218 g/mol. The lowest BCUT2D eigenvalue weighted by Crippen LogP contribution is -2.21. The summed E-state index contributed by atoms with van der Waals surface area (Å²) in [6, 6.07) is 0. The number of hydrogen-bond acceptors (Lipinski definition) is 3. The van der Waals surface area contributed by atoms with Crippen molar-refractivity contribution in [3.63, 3.8) is 0 Å². The first-order valence-electron chi connectivity index (χ1n) is 6.15. The molecule has 3 nitrogen and oxygen atoms in total. The highest BCUT2D eigenvalue weighted by Crippen LogP contribution is 2.10. The van der Waals surface area contributed by atoms with E-state index in [2.05, 4.69) is 0 Å². The van der Waals surface area contributed by atoms with Gasteiger partial charge >= 0.3 is 0 Å². The largest absolute Gasteiger partial charge is 0.396 e. The maximum atomic E-state index is 9.32. The van der Waals surface area contributed by atoms with Crippen molar-refractivity contribution < 1.29 is 15.3 Å². The van der Waals surface area contributed by atoms with E-state index in [9.17, 15) is 5.11 Å². The predicted octanol–water partition coefficient (Wildman–Crippen LogP) is 1.84. The summed E-state index contributed by atoms with van der Waals surface area (Å²) in [7, 11) is 0. The minimum Gasteiger partial charge on any atom is -0.396 e. The molecule has 0 spiro atoms. The Labute approximate surface area is 93.1 Å². The third-order valence-corrected chi connectivity index (χ3v) is 2.71. The highest BCUT2D eigenvalue weighted by Gasteiger charge is 2.09. The Bertz CT molecular complexity index is 126. The Morgan fingerprint density at radius 3 is 1.73 bits per heavy atom. The van der Waals surface area contributed by atoms with Gasteiger partial charge in [-0.3, -0.25) is 0 Å². The molecule has 3 N–H and O–H groups in total. The molecule has 0 aromatic carbocycles. The first-order chi connectivity index (χ1) is 7.18. The molecule has 0 radical (unpaired) electrons. The van der Waals surface area contributed by atoms with Gasteiger partial charge in [-0.1, -0.05) is 38.5 Å². The zero-order chi connectivity index (χ0) is 11.5. The molecule has 0 aliphatic carbocycles. The summed E-state index contributed by atoms with van der Waals surface area (Å²) in [6.45, 7) is 1.93. The molecule has 92 valence electrons. The van der Waals surface area contributed by atoms with E-state index < -0.39 is 12.2 Å². The van der Waals surface area contributed by atoms with Gasteiger partial charge in [0.2, 0.25) is 0 Å². The smallest absolute Gasteiger partial charge is 0.0796 e. The highest BCUT2D eigenvalue weighted by molar-refractivity contribution is 4.61. The molecule has 0 saturated heterocycles. The number of aliphatic hydroxyl groups excluding tert-OH is 3. The molecule has 0 aliphatic rings. The Morgan fingerprint density at radius 2 is 1.27 bits per heavy atom. The molecule has 0 aromatic heterocycles. The Balaban J connectivity index is 3.05. The molecular weight excluding hydrogens is 192 g/mol. The zero-order valence-corrected chi connectivity index (χ0v) is 9.86. The lowest BCUT2D eigenvalue weighted by atomic mass is 10.0. The van der Waals surface area contributed by atoms with Crippen LogP contribution >= 0.6 is 0 Å². The average Bonchev–Trinajstić information content (AvgIpc) is 2.21. The fourth-order valence-electron chi connectivity index (χ4n) is 1.59. The molecule has 0 rings (SSSR count). The van der Waals surface area contributed by atoms with E-state index in [0.717, 1.165) is 25.7 Å². The first-order valence-corrected chi connectivity index (χ1v) is 6.15. The van der Waals surface area contributed by atoms with Gasteiger partial charge in [-0.2, -0.15) is 0 Å². The van der Waals surface area contributed by atoms with E-state index >= 15 is 0 Å². The van der Waals surface area contributed by atoms with Crippen LogP contribution in [0.25, 0.3) is 0 Å². The van der Waals surface area contributed by atoms with Crippen molar-refractivity contribution in [3.8, 4) is 0 Å². The number of hydrogen-bond donors (Lipinski definition) is 3. The van der Waals surface area contributed by atoms with Crippen molar-refractivity contribution in [2.24, 2.45) is 0 Å². The normalized spacial score (nSPS) is 15.2. The van der Waals surface area contributed by atoms with E-state index in [1.54, 1.807) is 6.92 Å². The molecule has 2 unspecified atom stereocenters. The highest BCUT2D eigenvalue weighted by atomic mass is 16.3. The zero-order valence-electron chi connectivity index (χ0n) is 9.86. The van der Waals surface area contributed by atoms with Crippen LogP contribution in [0.1, 0.15) is 58.3 Å². The van der Waals surface area contributed by atoms with Crippen LogP contribution in [-0.4, -0.2) is 34.1 Å². The van der Waals surface area contributed by atoms with E-state index in [-0.39, 0.29) is 0 Å². The second kappa shape index (κ2) is 10.4. The molecule has 0 aromatic rings. The summed E-state index contributed by atoms with van der Waals surface area (Å²) in [5.41, 5.74) is 0. The minimum atomic E-state index is -0.602. The molecule has 0 amide bonds. The Hall–Kier alpha value is -0.120. The van der Waals surface area contributed by atoms with Crippen LogP contribution < -0.4 is 0 Å². The van der Waals surface area contributed by atoms with Gasteiger partial charge in [-0.05, 0) is 19.8 Å². The lowest BCUT2D eigenvalue weighted by Gasteiger charge is -2.12. The van der Waals surface area contributed by atoms with Gasteiger partial charge in [0, 0.05) is 6.61 Å². The number of aliphatic hydroxyl groups is 3. The van der Waals surface area contributed by atoms with E-state index in [0.29, 0.717) is 13.0 Å². The van der Waals surface area contributed by atoms with Crippen LogP contribution in [-0.2, 0) is 0 Å². The third-order valence-electron chi connectivity index (χ3n) is 2.71. The van der Waals surface area contributed by atoms with Gasteiger partial charge in [0.1, 0.15) is 0 Å². The van der Waals surface area contributed by atoms with Crippen LogP contribution in [0.15, 0.2) is 0 Å². The summed E-state index contributed by atoms with van der Waals surface area (Å²) in [5.74, 6) is 0. The van der Waals surface area contributed by atoms with Crippen LogP contribution in [0.5, 0.6) is 0 Å². The molecular formula is C12H26O3. The van der Waals surface area contributed by atoms with Crippen LogP contribution in [0.2, 0.25) is 0 Å². The fourth-order valence-corrected chi connectivity index (χ4v) is 1.59. The SMILES string of the molecule is CC(O)C(O)CCCCCCCCCO. The van der Waals surface area contributed by atoms with Crippen molar-refractivity contribution in [1.29, 1.82) is 0 Å². The second-order valence-electron chi connectivity index (χ2n) is 4.30. The molecule has 0 saturated carbocycles. The van der Waals surface area contributed by atoms with Gasteiger partial charge < -0.3 is 15.3 Å². The van der Waals surface area contributed by atoms with Gasteiger partial charge in [0.05, 0.1) is 12.2 Å². The van der Waals surface area contributed by atoms with Gasteiger partial charge in [0.15, 0.2) is 0 Å². The van der Waals surface area contributed by atoms with Crippen LogP contribution in [0, 0.1) is 0 Å².